The monoisotopic (exact) mass is 174 g/mol. The normalized spacial score (nSPS) is 10.9. The van der Waals surface area contributed by atoms with Crippen LogP contribution in [0.15, 0.2) is 24.4 Å². The predicted octanol–water partition coefficient (Wildman–Crippen LogP) is 2.75. The van der Waals surface area contributed by atoms with Gasteiger partial charge in [-0.05, 0) is 31.5 Å². The summed E-state index contributed by atoms with van der Waals surface area (Å²) >= 11 is 0. The van der Waals surface area contributed by atoms with Gasteiger partial charge in [-0.15, -0.1) is 0 Å². The lowest BCUT2D eigenvalue weighted by Crippen LogP contribution is -1.99. The lowest BCUT2D eigenvalue weighted by Gasteiger charge is -2.03. The quantitative estimate of drug-likeness (QED) is 0.684. The van der Waals surface area contributed by atoms with Gasteiger partial charge in [-0.2, -0.15) is 0 Å². The first-order chi connectivity index (χ1) is 6.33. The molecule has 2 rings (SSSR count). The first-order valence-corrected chi connectivity index (χ1v) is 4.74. The average Bonchev–Trinajstić information content (AvgIpc) is 2.44. The Morgan fingerprint density at radius 3 is 3.08 bits per heavy atom. The smallest absolute Gasteiger partial charge is 0.140 e. The van der Waals surface area contributed by atoms with Gasteiger partial charge in [0, 0.05) is 23.8 Å². The van der Waals surface area contributed by atoms with Crippen LogP contribution in [-0.2, 0) is 6.54 Å². The summed E-state index contributed by atoms with van der Waals surface area (Å²) in [6.07, 6.45) is 3.01. The molecule has 0 aliphatic carbocycles. The van der Waals surface area contributed by atoms with Crippen molar-refractivity contribution in [1.82, 2.24) is 9.55 Å². The van der Waals surface area contributed by atoms with E-state index in [4.69, 9.17) is 0 Å². The summed E-state index contributed by atoms with van der Waals surface area (Å²) in [5, 5.41) is 1.24. The number of fused-ring (bicyclic) bond motifs is 1. The van der Waals surface area contributed by atoms with Crippen LogP contribution in [0.2, 0.25) is 0 Å². The highest BCUT2D eigenvalue weighted by Crippen LogP contribution is 2.16. The highest BCUT2D eigenvalue weighted by molar-refractivity contribution is 5.77. The third kappa shape index (κ3) is 1.32. The molecule has 2 heteroatoms. The van der Waals surface area contributed by atoms with Gasteiger partial charge in [-0.1, -0.05) is 6.92 Å². The van der Waals surface area contributed by atoms with E-state index in [0.717, 1.165) is 18.6 Å². The van der Waals surface area contributed by atoms with Gasteiger partial charge >= 0.3 is 0 Å². The number of pyridine rings is 1. The molecule has 2 aromatic rings. The minimum atomic E-state index is 1.06. The van der Waals surface area contributed by atoms with Crippen LogP contribution in [0.25, 0.3) is 11.0 Å². The molecule has 0 fully saturated rings. The second-order valence-corrected chi connectivity index (χ2v) is 3.35. The van der Waals surface area contributed by atoms with Gasteiger partial charge in [0.05, 0.1) is 0 Å². The molecule has 0 unspecified atom stereocenters. The maximum atomic E-state index is 4.38. The summed E-state index contributed by atoms with van der Waals surface area (Å²) in [6, 6.07) is 6.29. The molecular weight excluding hydrogens is 160 g/mol. The Hall–Kier alpha value is -1.31. The first kappa shape index (κ1) is 8.30. The first-order valence-electron chi connectivity index (χ1n) is 4.74. The number of nitrogens with zero attached hydrogens (tertiary/aromatic N) is 2. The molecule has 68 valence electrons. The van der Waals surface area contributed by atoms with Gasteiger partial charge in [-0.25, -0.2) is 4.98 Å². The minimum Gasteiger partial charge on any atom is -0.330 e. The molecule has 2 nitrogen and oxygen atoms in total. The Labute approximate surface area is 78.2 Å². The molecule has 13 heavy (non-hydrogen) atoms. The highest BCUT2D eigenvalue weighted by atomic mass is 15.0. The fourth-order valence-electron chi connectivity index (χ4n) is 1.72. The molecular formula is C11H14N2. The molecule has 0 bridgehead atoms. The van der Waals surface area contributed by atoms with Crippen molar-refractivity contribution in [3.63, 3.8) is 0 Å². The van der Waals surface area contributed by atoms with E-state index in [9.17, 15) is 0 Å². The molecule has 0 atom stereocenters. The number of aromatic nitrogens is 2. The van der Waals surface area contributed by atoms with Crippen LogP contribution >= 0.6 is 0 Å². The third-order valence-electron chi connectivity index (χ3n) is 2.31. The molecule has 0 spiro atoms. The van der Waals surface area contributed by atoms with Gasteiger partial charge in [0.15, 0.2) is 0 Å². The molecule has 0 aromatic carbocycles. The van der Waals surface area contributed by atoms with Crippen LogP contribution in [0.1, 0.15) is 19.0 Å². The van der Waals surface area contributed by atoms with E-state index in [-0.39, 0.29) is 0 Å². The van der Waals surface area contributed by atoms with E-state index in [0.29, 0.717) is 0 Å². The van der Waals surface area contributed by atoms with Crippen LogP contribution < -0.4 is 0 Å². The summed E-state index contributed by atoms with van der Waals surface area (Å²) in [7, 11) is 0. The Bertz CT molecular complexity index is 415. The van der Waals surface area contributed by atoms with E-state index < -0.39 is 0 Å². The largest absolute Gasteiger partial charge is 0.330 e. The van der Waals surface area contributed by atoms with Crippen molar-refractivity contribution >= 4 is 11.0 Å². The van der Waals surface area contributed by atoms with Crippen LogP contribution in [-0.4, -0.2) is 9.55 Å². The van der Waals surface area contributed by atoms with Crippen LogP contribution in [0.5, 0.6) is 0 Å². The van der Waals surface area contributed by atoms with E-state index in [1.807, 2.05) is 12.3 Å². The Balaban J connectivity index is 2.64. The second kappa shape index (κ2) is 3.21. The summed E-state index contributed by atoms with van der Waals surface area (Å²) in [5.41, 5.74) is 2.41. The maximum Gasteiger partial charge on any atom is 0.140 e. The third-order valence-corrected chi connectivity index (χ3v) is 2.31. The molecule has 2 aromatic heterocycles. The van der Waals surface area contributed by atoms with E-state index in [1.54, 1.807) is 0 Å². The van der Waals surface area contributed by atoms with Crippen molar-refractivity contribution < 1.29 is 0 Å². The Kier molecular flexibility index (Phi) is 2.05. The molecule has 0 radical (unpaired) electrons. The van der Waals surface area contributed by atoms with Crippen molar-refractivity contribution in [1.29, 1.82) is 0 Å². The number of rotatable bonds is 2. The average molecular weight is 174 g/mol. The molecule has 0 aliphatic heterocycles. The zero-order chi connectivity index (χ0) is 9.26. The zero-order valence-electron chi connectivity index (χ0n) is 8.12. The lowest BCUT2D eigenvalue weighted by atomic mass is 10.3. The highest BCUT2D eigenvalue weighted by Gasteiger charge is 2.03. The number of aryl methyl sites for hydroxylation is 2. The van der Waals surface area contributed by atoms with Gasteiger partial charge in [-0.3, -0.25) is 0 Å². The summed E-state index contributed by atoms with van der Waals surface area (Å²) in [6.45, 7) is 5.39. The van der Waals surface area contributed by atoms with Crippen LogP contribution in [0.3, 0.4) is 0 Å². The molecule has 0 N–H and O–H groups in total. The fourth-order valence-corrected chi connectivity index (χ4v) is 1.72. The summed E-state index contributed by atoms with van der Waals surface area (Å²) in [5.74, 6) is 0. The second-order valence-electron chi connectivity index (χ2n) is 3.35. The number of hydrogen-bond donors (Lipinski definition) is 0. The summed E-state index contributed by atoms with van der Waals surface area (Å²) < 4.78 is 2.27. The van der Waals surface area contributed by atoms with Crippen molar-refractivity contribution in [2.24, 2.45) is 0 Å². The van der Waals surface area contributed by atoms with E-state index in [2.05, 4.69) is 35.5 Å². The van der Waals surface area contributed by atoms with Crippen molar-refractivity contribution in [3.05, 3.63) is 30.1 Å². The van der Waals surface area contributed by atoms with Gasteiger partial charge < -0.3 is 4.57 Å². The van der Waals surface area contributed by atoms with Gasteiger partial charge in [0.1, 0.15) is 5.65 Å². The Morgan fingerprint density at radius 2 is 2.31 bits per heavy atom. The van der Waals surface area contributed by atoms with Gasteiger partial charge in [0.25, 0.3) is 0 Å². The molecule has 0 saturated heterocycles. The Morgan fingerprint density at radius 1 is 1.46 bits per heavy atom. The van der Waals surface area contributed by atoms with E-state index >= 15 is 0 Å². The van der Waals surface area contributed by atoms with Crippen molar-refractivity contribution in [2.45, 2.75) is 26.8 Å². The van der Waals surface area contributed by atoms with E-state index in [1.165, 1.54) is 11.1 Å². The van der Waals surface area contributed by atoms with Crippen LogP contribution in [0.4, 0.5) is 0 Å². The maximum absolute atomic E-state index is 4.38. The van der Waals surface area contributed by atoms with Crippen LogP contribution in [0, 0.1) is 6.92 Å². The fraction of sp³-hybridized carbons (Fsp3) is 0.364. The van der Waals surface area contributed by atoms with Gasteiger partial charge in [0.2, 0.25) is 0 Å². The predicted molar refractivity (Wildman–Crippen MR) is 54.8 cm³/mol. The van der Waals surface area contributed by atoms with Crippen molar-refractivity contribution in [3.8, 4) is 0 Å². The SMILES string of the molecule is CCCn1c(C)cc2cccnc21. The van der Waals surface area contributed by atoms with Crippen molar-refractivity contribution in [2.75, 3.05) is 0 Å². The summed E-state index contributed by atoms with van der Waals surface area (Å²) in [4.78, 5) is 4.38. The number of hydrogen-bond acceptors (Lipinski definition) is 1. The minimum absolute atomic E-state index is 1.06. The topological polar surface area (TPSA) is 17.8 Å². The molecule has 2 heterocycles. The lowest BCUT2D eigenvalue weighted by molar-refractivity contribution is 0.680. The standard InChI is InChI=1S/C11H14N2/c1-3-7-13-9(2)8-10-5-4-6-12-11(10)13/h4-6,8H,3,7H2,1-2H3. The molecule has 0 aliphatic rings. The molecule has 0 saturated carbocycles. The zero-order valence-corrected chi connectivity index (χ0v) is 8.12. The molecule has 0 amide bonds.